The maximum absolute atomic E-state index is 12.6. The Morgan fingerprint density at radius 3 is 2.42 bits per heavy atom. The van der Waals surface area contributed by atoms with E-state index in [1.807, 2.05) is 69.0 Å². The van der Waals surface area contributed by atoms with E-state index >= 15 is 0 Å². The number of carbonyl (C=O) groups excluding carboxylic acids is 1. The molecule has 33 heavy (non-hydrogen) atoms. The minimum atomic E-state index is -0.478. The van der Waals surface area contributed by atoms with Gasteiger partial charge >= 0.3 is 6.09 Å². The van der Waals surface area contributed by atoms with Crippen LogP contribution in [-0.2, 0) is 17.9 Å². The molecule has 1 heterocycles. The van der Waals surface area contributed by atoms with Gasteiger partial charge < -0.3 is 14.4 Å². The monoisotopic (exact) mass is 536 g/mol. The highest BCUT2D eigenvalue weighted by molar-refractivity contribution is 9.10. The molecule has 0 spiro atoms. The summed E-state index contributed by atoms with van der Waals surface area (Å²) < 4.78 is 12.8. The van der Waals surface area contributed by atoms with Crippen molar-refractivity contribution in [3.8, 4) is 5.75 Å². The molecule has 0 bridgehead atoms. The van der Waals surface area contributed by atoms with Gasteiger partial charge in [0.05, 0.1) is 0 Å². The van der Waals surface area contributed by atoms with Crippen molar-refractivity contribution >= 4 is 33.6 Å². The highest BCUT2D eigenvalue weighted by atomic mass is 79.9. The smallest absolute Gasteiger partial charge is 0.410 e. The number of nitrogens with zero attached hydrogens (tertiary/aromatic N) is 2. The number of halogens is 2. The molecule has 0 radical (unpaired) electrons. The molecule has 1 aliphatic heterocycles. The quantitative estimate of drug-likeness (QED) is 0.385. The van der Waals surface area contributed by atoms with Crippen LogP contribution in [0.2, 0.25) is 5.02 Å². The van der Waals surface area contributed by atoms with Gasteiger partial charge in [-0.1, -0.05) is 39.7 Å². The maximum Gasteiger partial charge on any atom is 0.410 e. The first-order valence-corrected chi connectivity index (χ1v) is 12.7. The van der Waals surface area contributed by atoms with Crippen LogP contribution in [0.3, 0.4) is 0 Å². The summed E-state index contributed by atoms with van der Waals surface area (Å²) in [7, 11) is 0. The van der Waals surface area contributed by atoms with Gasteiger partial charge in [-0.15, -0.1) is 0 Å². The van der Waals surface area contributed by atoms with E-state index in [-0.39, 0.29) is 12.1 Å². The maximum atomic E-state index is 12.6. The molecular formula is C26H34BrClN2O3. The van der Waals surface area contributed by atoms with Crippen LogP contribution in [0.4, 0.5) is 4.79 Å². The first-order valence-electron chi connectivity index (χ1n) is 11.5. The second-order valence-corrected chi connectivity index (χ2v) is 10.8. The summed E-state index contributed by atoms with van der Waals surface area (Å²) in [5.41, 5.74) is 1.75. The highest BCUT2D eigenvalue weighted by Crippen LogP contribution is 2.28. The zero-order chi connectivity index (χ0) is 24.0. The summed E-state index contributed by atoms with van der Waals surface area (Å²) in [6, 6.07) is 14.1. The van der Waals surface area contributed by atoms with Crippen molar-refractivity contribution in [2.75, 3.05) is 19.6 Å². The Balaban J connectivity index is 1.59. The lowest BCUT2D eigenvalue weighted by atomic mass is 10.0. The molecule has 2 aromatic carbocycles. The fourth-order valence-electron chi connectivity index (χ4n) is 4.04. The summed E-state index contributed by atoms with van der Waals surface area (Å²) in [4.78, 5) is 16.9. The summed E-state index contributed by atoms with van der Waals surface area (Å²) >= 11 is 9.58. The molecule has 0 atom stereocenters. The molecule has 0 N–H and O–H groups in total. The average Bonchev–Trinajstić information content (AvgIpc) is 2.75. The lowest BCUT2D eigenvalue weighted by Crippen LogP contribution is -2.48. The van der Waals surface area contributed by atoms with Gasteiger partial charge in [0.25, 0.3) is 0 Å². The Bertz CT molecular complexity index is 922. The van der Waals surface area contributed by atoms with Crippen LogP contribution < -0.4 is 4.74 Å². The van der Waals surface area contributed by atoms with Crippen molar-refractivity contribution in [3.63, 3.8) is 0 Å². The third kappa shape index (κ3) is 7.90. The molecule has 1 fully saturated rings. The zero-order valence-electron chi connectivity index (χ0n) is 19.9. The largest absolute Gasteiger partial charge is 0.489 e. The van der Waals surface area contributed by atoms with Crippen LogP contribution in [0.25, 0.3) is 0 Å². The summed E-state index contributed by atoms with van der Waals surface area (Å²) in [5.74, 6) is 0.888. The number of carbonyl (C=O) groups is 1. The van der Waals surface area contributed by atoms with Gasteiger partial charge in [-0.25, -0.2) is 4.79 Å². The van der Waals surface area contributed by atoms with Gasteiger partial charge in [0.15, 0.2) is 0 Å². The van der Waals surface area contributed by atoms with Crippen LogP contribution in [0.1, 0.15) is 51.7 Å². The molecule has 0 aromatic heterocycles. The SMILES string of the molecule is CCN(C(=O)OC(C)(C)C)C1CCN(Cc2cc(Br)ccc2OCc2ccc(Cl)cc2)CC1. The third-order valence-corrected chi connectivity index (χ3v) is 6.44. The molecule has 180 valence electrons. The number of likely N-dealkylation sites (tertiary alicyclic amines) is 1. The van der Waals surface area contributed by atoms with Crippen LogP contribution in [0, 0.1) is 0 Å². The molecule has 0 aliphatic carbocycles. The van der Waals surface area contributed by atoms with Crippen molar-refractivity contribution in [1.29, 1.82) is 0 Å². The molecule has 1 amide bonds. The topological polar surface area (TPSA) is 42.0 Å². The van der Waals surface area contributed by atoms with E-state index in [2.05, 4.69) is 26.9 Å². The molecule has 1 saturated heterocycles. The molecule has 5 nitrogen and oxygen atoms in total. The van der Waals surface area contributed by atoms with Crippen molar-refractivity contribution in [2.45, 2.75) is 65.3 Å². The van der Waals surface area contributed by atoms with E-state index in [0.717, 1.165) is 58.8 Å². The van der Waals surface area contributed by atoms with Crippen molar-refractivity contribution in [3.05, 3.63) is 63.1 Å². The van der Waals surface area contributed by atoms with Crippen LogP contribution in [0.15, 0.2) is 46.9 Å². The van der Waals surface area contributed by atoms with Crippen molar-refractivity contribution in [1.82, 2.24) is 9.80 Å². The Kier molecular flexibility index (Phi) is 9.08. The fraction of sp³-hybridized carbons (Fsp3) is 0.500. The van der Waals surface area contributed by atoms with E-state index in [0.29, 0.717) is 13.2 Å². The number of rotatable bonds is 7. The molecule has 3 rings (SSSR count). The number of benzene rings is 2. The number of amides is 1. The average molecular weight is 538 g/mol. The Morgan fingerprint density at radius 2 is 1.82 bits per heavy atom. The second-order valence-electron chi connectivity index (χ2n) is 9.44. The van der Waals surface area contributed by atoms with E-state index < -0.39 is 5.60 Å². The Hall–Kier alpha value is -1.76. The Morgan fingerprint density at radius 1 is 1.15 bits per heavy atom. The molecule has 1 aliphatic rings. The van der Waals surface area contributed by atoms with Crippen molar-refractivity contribution < 1.29 is 14.3 Å². The number of ether oxygens (including phenoxy) is 2. The molecule has 7 heteroatoms. The van der Waals surface area contributed by atoms with Gasteiger partial charge in [0.2, 0.25) is 0 Å². The summed E-state index contributed by atoms with van der Waals surface area (Å²) in [5, 5.41) is 0.722. The molecule has 2 aromatic rings. The standard InChI is InChI=1S/C26H34BrClN2O3/c1-5-30(25(31)33-26(2,3)4)23-12-14-29(15-13-23)17-20-16-21(27)8-11-24(20)32-18-19-6-9-22(28)10-7-19/h6-11,16,23H,5,12-15,17-18H2,1-4H3. The van der Waals surface area contributed by atoms with Crippen LogP contribution in [-0.4, -0.2) is 47.2 Å². The van der Waals surface area contributed by atoms with Gasteiger partial charge in [-0.05, 0) is 76.4 Å². The predicted octanol–water partition coefficient (Wildman–Crippen LogP) is 6.90. The van der Waals surface area contributed by atoms with Gasteiger partial charge in [-0.2, -0.15) is 0 Å². The van der Waals surface area contributed by atoms with Crippen molar-refractivity contribution in [2.24, 2.45) is 0 Å². The van der Waals surface area contributed by atoms with E-state index in [9.17, 15) is 4.79 Å². The first kappa shape index (κ1) is 25.9. The normalized spacial score (nSPS) is 15.3. The first-order chi connectivity index (χ1) is 15.6. The zero-order valence-corrected chi connectivity index (χ0v) is 22.3. The molecule has 0 saturated carbocycles. The minimum absolute atomic E-state index is 0.212. The number of hydrogen-bond donors (Lipinski definition) is 0. The number of hydrogen-bond acceptors (Lipinski definition) is 4. The van der Waals surface area contributed by atoms with E-state index in [1.54, 1.807) is 0 Å². The third-order valence-electron chi connectivity index (χ3n) is 5.69. The van der Waals surface area contributed by atoms with Crippen LogP contribution in [0.5, 0.6) is 5.75 Å². The summed E-state index contributed by atoms with van der Waals surface area (Å²) in [6.07, 6.45) is 1.65. The highest BCUT2D eigenvalue weighted by Gasteiger charge is 2.30. The molecule has 0 unspecified atom stereocenters. The lowest BCUT2D eigenvalue weighted by molar-refractivity contribution is 0.00922. The van der Waals surface area contributed by atoms with Gasteiger partial charge in [0.1, 0.15) is 18.0 Å². The fourth-order valence-corrected chi connectivity index (χ4v) is 4.58. The minimum Gasteiger partial charge on any atom is -0.489 e. The number of piperidine rings is 1. The van der Waals surface area contributed by atoms with Gasteiger partial charge in [0, 0.05) is 47.3 Å². The lowest BCUT2D eigenvalue weighted by Gasteiger charge is -2.38. The predicted molar refractivity (Wildman–Crippen MR) is 137 cm³/mol. The van der Waals surface area contributed by atoms with E-state index in [4.69, 9.17) is 21.1 Å². The summed E-state index contributed by atoms with van der Waals surface area (Å²) in [6.45, 7) is 11.6. The molecular weight excluding hydrogens is 504 g/mol. The van der Waals surface area contributed by atoms with Gasteiger partial charge in [-0.3, -0.25) is 4.90 Å². The van der Waals surface area contributed by atoms with E-state index in [1.165, 1.54) is 0 Å². The Labute approximate surface area is 211 Å². The second kappa shape index (κ2) is 11.6. The van der Waals surface area contributed by atoms with Crippen LogP contribution >= 0.6 is 27.5 Å².